The van der Waals surface area contributed by atoms with Gasteiger partial charge in [0.1, 0.15) is 0 Å². The zero-order valence-corrected chi connectivity index (χ0v) is 15.0. The summed E-state index contributed by atoms with van der Waals surface area (Å²) in [5.74, 6) is 0.253. The van der Waals surface area contributed by atoms with E-state index in [1.54, 1.807) is 0 Å². The van der Waals surface area contributed by atoms with Crippen molar-refractivity contribution in [2.75, 3.05) is 30.2 Å². The molecule has 0 radical (unpaired) electrons. The Morgan fingerprint density at radius 1 is 1.22 bits per heavy atom. The first-order valence-corrected chi connectivity index (χ1v) is 10.00. The lowest BCUT2D eigenvalue weighted by molar-refractivity contribution is -0.129. The second-order valence-electron chi connectivity index (χ2n) is 6.39. The van der Waals surface area contributed by atoms with Gasteiger partial charge in [-0.2, -0.15) is 0 Å². The van der Waals surface area contributed by atoms with Crippen molar-refractivity contribution in [1.82, 2.24) is 4.90 Å². The molecule has 0 saturated carbocycles. The average molecular weight is 338 g/mol. The van der Waals surface area contributed by atoms with E-state index in [2.05, 4.69) is 0 Å². The Kier molecular flexibility index (Phi) is 5.68. The van der Waals surface area contributed by atoms with Gasteiger partial charge in [-0.1, -0.05) is 32.0 Å². The van der Waals surface area contributed by atoms with E-state index >= 15 is 0 Å². The van der Waals surface area contributed by atoms with Crippen LogP contribution in [0.5, 0.6) is 0 Å². The summed E-state index contributed by atoms with van der Waals surface area (Å²) in [6.07, 6.45) is 3.50. The average Bonchev–Trinajstić information content (AvgIpc) is 3.00. The van der Waals surface area contributed by atoms with Gasteiger partial charge in [0.2, 0.25) is 15.9 Å². The van der Waals surface area contributed by atoms with Gasteiger partial charge in [0.05, 0.1) is 11.9 Å². The number of sulfonamides is 1. The van der Waals surface area contributed by atoms with Crippen molar-refractivity contribution < 1.29 is 13.2 Å². The summed E-state index contributed by atoms with van der Waals surface area (Å²) in [5.41, 5.74) is 1.66. The van der Waals surface area contributed by atoms with Crippen LogP contribution in [-0.4, -0.2) is 45.1 Å². The van der Waals surface area contributed by atoms with E-state index in [0.29, 0.717) is 5.69 Å². The van der Waals surface area contributed by atoms with Crippen LogP contribution in [0.2, 0.25) is 0 Å². The zero-order valence-electron chi connectivity index (χ0n) is 14.2. The third-order valence-corrected chi connectivity index (χ3v) is 5.40. The minimum atomic E-state index is -3.43. The van der Waals surface area contributed by atoms with E-state index < -0.39 is 10.0 Å². The van der Waals surface area contributed by atoms with Crippen LogP contribution in [0.1, 0.15) is 44.6 Å². The second-order valence-corrected chi connectivity index (χ2v) is 8.29. The van der Waals surface area contributed by atoms with Gasteiger partial charge in [0, 0.05) is 26.1 Å². The molecular formula is C17H26N2O3S. The van der Waals surface area contributed by atoms with E-state index in [1.807, 2.05) is 43.0 Å². The van der Waals surface area contributed by atoms with Crippen molar-refractivity contribution >= 4 is 21.6 Å². The van der Waals surface area contributed by atoms with Crippen LogP contribution in [0.4, 0.5) is 5.69 Å². The molecule has 2 rings (SSSR count). The van der Waals surface area contributed by atoms with Gasteiger partial charge < -0.3 is 4.90 Å². The highest BCUT2D eigenvalue weighted by atomic mass is 32.2. The number of nitrogens with zero attached hydrogens (tertiary/aromatic N) is 2. The molecule has 0 N–H and O–H groups in total. The molecule has 6 heteroatoms. The third kappa shape index (κ3) is 4.47. The predicted octanol–water partition coefficient (Wildman–Crippen LogP) is 2.59. The first-order valence-electron chi connectivity index (χ1n) is 8.15. The van der Waals surface area contributed by atoms with Crippen LogP contribution >= 0.6 is 0 Å². The van der Waals surface area contributed by atoms with Crippen LogP contribution in [0.25, 0.3) is 0 Å². The molecule has 1 heterocycles. The van der Waals surface area contributed by atoms with Gasteiger partial charge in [0.15, 0.2) is 0 Å². The Labute approximate surface area is 139 Å². The van der Waals surface area contributed by atoms with Crippen molar-refractivity contribution in [2.24, 2.45) is 0 Å². The van der Waals surface area contributed by atoms with Crippen molar-refractivity contribution in [3.63, 3.8) is 0 Å². The number of rotatable bonds is 6. The molecule has 1 aliphatic heterocycles. The molecule has 1 amide bonds. The molecular weight excluding hydrogens is 312 g/mol. The lowest BCUT2D eigenvalue weighted by Crippen LogP contribution is -2.36. The summed E-state index contributed by atoms with van der Waals surface area (Å²) in [6, 6.07) is 7.51. The highest BCUT2D eigenvalue weighted by Gasteiger charge is 2.24. The van der Waals surface area contributed by atoms with Crippen LogP contribution in [0.3, 0.4) is 0 Å². The summed E-state index contributed by atoms with van der Waals surface area (Å²) < 4.78 is 25.9. The Morgan fingerprint density at radius 2 is 1.83 bits per heavy atom. The van der Waals surface area contributed by atoms with E-state index in [0.717, 1.165) is 31.5 Å². The first kappa shape index (κ1) is 17.8. The number of para-hydroxylation sites is 1. The molecule has 23 heavy (non-hydrogen) atoms. The predicted molar refractivity (Wildman–Crippen MR) is 93.2 cm³/mol. The fourth-order valence-corrected chi connectivity index (χ4v) is 3.94. The summed E-state index contributed by atoms with van der Waals surface area (Å²) in [4.78, 5) is 14.1. The highest BCUT2D eigenvalue weighted by molar-refractivity contribution is 7.92. The Balaban J connectivity index is 2.20. The van der Waals surface area contributed by atoms with Gasteiger partial charge in [0.25, 0.3) is 0 Å². The number of carbonyl (C=O) groups excluding carboxylic acids is 1. The Hall–Kier alpha value is -1.56. The number of amides is 1. The van der Waals surface area contributed by atoms with Gasteiger partial charge in [-0.05, 0) is 30.4 Å². The molecule has 1 aromatic rings. The SMILES string of the molecule is CC(C)c1ccccc1N(CCC(=O)N1CCCC1)S(C)(=O)=O. The van der Waals surface area contributed by atoms with Crippen LogP contribution in [0, 0.1) is 0 Å². The van der Waals surface area contributed by atoms with Gasteiger partial charge in [-0.25, -0.2) is 8.42 Å². The minimum Gasteiger partial charge on any atom is -0.343 e. The van der Waals surface area contributed by atoms with Crippen LogP contribution < -0.4 is 4.31 Å². The standard InChI is InChI=1S/C17H26N2O3S/c1-14(2)15-8-4-5-9-16(15)19(23(3,21)22)13-10-17(20)18-11-6-7-12-18/h4-5,8-9,14H,6-7,10-13H2,1-3H3. The second kappa shape index (κ2) is 7.34. The molecule has 0 unspecified atom stereocenters. The van der Waals surface area contributed by atoms with Crippen molar-refractivity contribution in [2.45, 2.75) is 39.0 Å². The fraction of sp³-hybridized carbons (Fsp3) is 0.588. The maximum atomic E-state index is 12.2. The molecule has 1 saturated heterocycles. The van der Waals surface area contributed by atoms with E-state index in [4.69, 9.17) is 0 Å². The van der Waals surface area contributed by atoms with Gasteiger partial charge in [-0.15, -0.1) is 0 Å². The van der Waals surface area contributed by atoms with Crippen LogP contribution in [0.15, 0.2) is 24.3 Å². The van der Waals surface area contributed by atoms with Crippen molar-refractivity contribution in [1.29, 1.82) is 0 Å². The Bertz CT molecular complexity index is 650. The molecule has 0 aromatic heterocycles. The maximum absolute atomic E-state index is 12.2. The lowest BCUT2D eigenvalue weighted by atomic mass is 10.0. The molecule has 1 fully saturated rings. The molecule has 128 valence electrons. The zero-order chi connectivity index (χ0) is 17.0. The van der Waals surface area contributed by atoms with Crippen molar-refractivity contribution in [3.8, 4) is 0 Å². The summed E-state index contributed by atoms with van der Waals surface area (Å²) in [5, 5.41) is 0. The van der Waals surface area contributed by atoms with E-state index in [-0.39, 0.29) is 24.8 Å². The molecule has 0 spiro atoms. The number of hydrogen-bond acceptors (Lipinski definition) is 3. The quantitative estimate of drug-likeness (QED) is 0.801. The smallest absolute Gasteiger partial charge is 0.232 e. The van der Waals surface area contributed by atoms with E-state index in [1.165, 1.54) is 10.6 Å². The largest absolute Gasteiger partial charge is 0.343 e. The molecule has 1 aromatic carbocycles. The van der Waals surface area contributed by atoms with Crippen molar-refractivity contribution in [3.05, 3.63) is 29.8 Å². The Morgan fingerprint density at radius 3 is 2.39 bits per heavy atom. The minimum absolute atomic E-state index is 0.0400. The normalized spacial score (nSPS) is 15.2. The molecule has 1 aliphatic rings. The molecule has 0 bridgehead atoms. The van der Waals surface area contributed by atoms with E-state index in [9.17, 15) is 13.2 Å². The number of anilines is 1. The fourth-order valence-electron chi connectivity index (χ4n) is 2.99. The molecule has 0 aliphatic carbocycles. The third-order valence-electron chi connectivity index (χ3n) is 4.22. The summed E-state index contributed by atoms with van der Waals surface area (Å²) in [6.45, 7) is 5.85. The molecule has 0 atom stereocenters. The van der Waals surface area contributed by atoms with Gasteiger partial charge >= 0.3 is 0 Å². The first-order chi connectivity index (χ1) is 10.8. The highest BCUT2D eigenvalue weighted by Crippen LogP contribution is 2.29. The summed E-state index contributed by atoms with van der Waals surface area (Å²) >= 11 is 0. The number of hydrogen-bond donors (Lipinski definition) is 0. The number of carbonyl (C=O) groups is 1. The topological polar surface area (TPSA) is 57.7 Å². The number of likely N-dealkylation sites (tertiary alicyclic amines) is 1. The van der Waals surface area contributed by atoms with Gasteiger partial charge in [-0.3, -0.25) is 9.10 Å². The lowest BCUT2D eigenvalue weighted by Gasteiger charge is -2.26. The summed E-state index contributed by atoms with van der Waals surface area (Å²) in [7, 11) is -3.43. The van der Waals surface area contributed by atoms with Crippen LogP contribution in [-0.2, 0) is 14.8 Å². The number of benzene rings is 1. The monoisotopic (exact) mass is 338 g/mol. The maximum Gasteiger partial charge on any atom is 0.232 e. The molecule has 5 nitrogen and oxygen atoms in total.